The molecule has 6 nitrogen and oxygen atoms in total. The standard InChI is InChI=1S/C27H27BrN2O4S/c1-3-34-26-10-5-4-9-24(26)30-35(31,32)18-12-13-23-21(16-18)19-7-6-8-20(19)27(29-23)22-15-17(28)11-14-25(22)33-2/h4-7,9-16,19-20,27,29-30H,3,8H2,1-2H3/t19-,20+,27-/m0/s1. The summed E-state index contributed by atoms with van der Waals surface area (Å²) in [5.41, 5.74) is 3.41. The Morgan fingerprint density at radius 2 is 1.89 bits per heavy atom. The highest BCUT2D eigenvalue weighted by Crippen LogP contribution is 2.51. The number of para-hydroxylation sites is 2. The lowest BCUT2D eigenvalue weighted by Crippen LogP contribution is -2.29. The molecule has 3 atom stereocenters. The van der Waals surface area contributed by atoms with Crippen LogP contribution in [0, 0.1) is 5.92 Å². The van der Waals surface area contributed by atoms with Crippen molar-refractivity contribution in [2.45, 2.75) is 30.2 Å². The molecular weight excluding hydrogens is 528 g/mol. The van der Waals surface area contributed by atoms with E-state index >= 15 is 0 Å². The number of hydrogen-bond donors (Lipinski definition) is 2. The van der Waals surface area contributed by atoms with Crippen LogP contribution >= 0.6 is 15.9 Å². The predicted octanol–water partition coefficient (Wildman–Crippen LogP) is 6.48. The number of nitrogens with one attached hydrogen (secondary N) is 2. The molecule has 0 bridgehead atoms. The van der Waals surface area contributed by atoms with Crippen molar-refractivity contribution in [3.8, 4) is 11.5 Å². The summed E-state index contributed by atoms with van der Waals surface area (Å²) >= 11 is 3.59. The van der Waals surface area contributed by atoms with Crippen molar-refractivity contribution in [2.24, 2.45) is 5.92 Å². The SMILES string of the molecule is CCOc1ccccc1NS(=O)(=O)c1ccc2c(c1)[C@H]1C=CC[C@H]1[C@@H](c1cc(Br)ccc1OC)N2. The number of halogens is 1. The second kappa shape index (κ2) is 9.59. The number of hydrogen-bond acceptors (Lipinski definition) is 5. The molecule has 2 aliphatic rings. The molecule has 0 fully saturated rings. The number of anilines is 2. The maximum Gasteiger partial charge on any atom is 0.262 e. The molecule has 3 aromatic rings. The van der Waals surface area contributed by atoms with Crippen LogP contribution in [0.5, 0.6) is 11.5 Å². The first-order chi connectivity index (χ1) is 16.9. The van der Waals surface area contributed by atoms with Gasteiger partial charge in [0.15, 0.2) is 0 Å². The maximum atomic E-state index is 13.3. The normalized spacial score (nSPS) is 20.5. The Hall–Kier alpha value is -2.97. The van der Waals surface area contributed by atoms with E-state index in [1.165, 1.54) is 0 Å². The Kier molecular flexibility index (Phi) is 6.51. The highest BCUT2D eigenvalue weighted by Gasteiger charge is 2.39. The number of methoxy groups -OCH3 is 1. The van der Waals surface area contributed by atoms with E-state index in [0.29, 0.717) is 18.0 Å². The number of sulfonamides is 1. The minimum absolute atomic E-state index is 0.0357. The molecule has 0 saturated heterocycles. The van der Waals surface area contributed by atoms with Gasteiger partial charge >= 0.3 is 0 Å². The Labute approximate surface area is 214 Å². The van der Waals surface area contributed by atoms with Crippen molar-refractivity contribution in [1.82, 2.24) is 0 Å². The fourth-order valence-corrected chi connectivity index (χ4v) is 6.52. The van der Waals surface area contributed by atoms with Gasteiger partial charge in [0.1, 0.15) is 11.5 Å². The molecular formula is C27H27BrN2O4S. The number of fused-ring (bicyclic) bond motifs is 3. The molecule has 0 amide bonds. The van der Waals surface area contributed by atoms with Crippen LogP contribution in [0.4, 0.5) is 11.4 Å². The molecule has 0 spiro atoms. The summed E-state index contributed by atoms with van der Waals surface area (Å²) in [7, 11) is -2.12. The van der Waals surface area contributed by atoms with Gasteiger partial charge in [0.2, 0.25) is 0 Å². The van der Waals surface area contributed by atoms with Crippen LogP contribution < -0.4 is 19.5 Å². The third kappa shape index (κ3) is 4.52. The molecule has 35 heavy (non-hydrogen) atoms. The molecule has 0 saturated carbocycles. The second-order valence-electron chi connectivity index (χ2n) is 8.65. The van der Waals surface area contributed by atoms with Gasteiger partial charge in [-0.3, -0.25) is 4.72 Å². The average Bonchev–Trinajstić information content (AvgIpc) is 3.35. The lowest BCUT2D eigenvalue weighted by atomic mass is 9.77. The Bertz CT molecular complexity index is 1390. The summed E-state index contributed by atoms with van der Waals surface area (Å²) in [6, 6.07) is 18.4. The Morgan fingerprint density at radius 3 is 2.69 bits per heavy atom. The van der Waals surface area contributed by atoms with Crippen molar-refractivity contribution >= 4 is 37.3 Å². The van der Waals surface area contributed by atoms with E-state index in [0.717, 1.165) is 33.5 Å². The van der Waals surface area contributed by atoms with Gasteiger partial charge in [-0.15, -0.1) is 0 Å². The molecule has 0 unspecified atom stereocenters. The Balaban J connectivity index is 1.50. The van der Waals surface area contributed by atoms with Gasteiger partial charge in [-0.25, -0.2) is 8.42 Å². The Morgan fingerprint density at radius 1 is 1.06 bits per heavy atom. The van der Waals surface area contributed by atoms with Gasteiger partial charge in [-0.1, -0.05) is 40.2 Å². The summed E-state index contributed by atoms with van der Waals surface area (Å²) < 4.78 is 41.6. The predicted molar refractivity (Wildman–Crippen MR) is 142 cm³/mol. The fraction of sp³-hybridized carbons (Fsp3) is 0.259. The molecule has 1 heterocycles. The molecule has 5 rings (SSSR count). The topological polar surface area (TPSA) is 76.7 Å². The summed E-state index contributed by atoms with van der Waals surface area (Å²) in [5, 5.41) is 3.66. The lowest BCUT2D eigenvalue weighted by molar-refractivity contribution is 0.342. The van der Waals surface area contributed by atoms with Crippen molar-refractivity contribution in [3.63, 3.8) is 0 Å². The fourth-order valence-electron chi connectivity index (χ4n) is 5.03. The van der Waals surface area contributed by atoms with Crippen LogP contribution in [0.25, 0.3) is 0 Å². The molecule has 0 aromatic heterocycles. The molecule has 1 aliphatic heterocycles. The minimum atomic E-state index is -3.81. The van der Waals surface area contributed by atoms with Gasteiger partial charge in [-0.05, 0) is 73.4 Å². The van der Waals surface area contributed by atoms with Gasteiger partial charge in [-0.2, -0.15) is 0 Å². The van der Waals surface area contributed by atoms with E-state index in [9.17, 15) is 8.42 Å². The third-order valence-corrected chi connectivity index (χ3v) is 8.46. The van der Waals surface area contributed by atoms with E-state index in [1.807, 2.05) is 31.2 Å². The quantitative estimate of drug-likeness (QED) is 0.326. The summed E-state index contributed by atoms with van der Waals surface area (Å²) in [6.45, 7) is 2.31. The smallest absolute Gasteiger partial charge is 0.262 e. The summed E-state index contributed by atoms with van der Waals surface area (Å²) in [6.07, 6.45) is 5.27. The molecule has 2 N–H and O–H groups in total. The second-order valence-corrected chi connectivity index (χ2v) is 11.2. The van der Waals surface area contributed by atoms with Gasteiger partial charge in [0.05, 0.1) is 30.3 Å². The van der Waals surface area contributed by atoms with E-state index in [4.69, 9.17) is 9.47 Å². The minimum Gasteiger partial charge on any atom is -0.496 e. The number of benzene rings is 3. The zero-order valence-electron chi connectivity index (χ0n) is 19.5. The zero-order chi connectivity index (χ0) is 24.6. The van der Waals surface area contributed by atoms with E-state index in [2.05, 4.69) is 44.2 Å². The lowest BCUT2D eigenvalue weighted by Gasteiger charge is -2.38. The summed E-state index contributed by atoms with van der Waals surface area (Å²) in [5.74, 6) is 1.68. The van der Waals surface area contributed by atoms with Gasteiger partial charge in [0, 0.05) is 21.6 Å². The first kappa shape index (κ1) is 23.8. The van der Waals surface area contributed by atoms with E-state index in [-0.39, 0.29) is 22.8 Å². The van der Waals surface area contributed by atoms with Crippen molar-refractivity contribution in [2.75, 3.05) is 23.8 Å². The first-order valence-corrected chi connectivity index (χ1v) is 13.8. The van der Waals surface area contributed by atoms with Crippen molar-refractivity contribution in [3.05, 3.63) is 88.4 Å². The summed E-state index contributed by atoms with van der Waals surface area (Å²) in [4.78, 5) is 0.224. The van der Waals surface area contributed by atoms with E-state index < -0.39 is 10.0 Å². The monoisotopic (exact) mass is 554 g/mol. The van der Waals surface area contributed by atoms with Gasteiger partial charge in [0.25, 0.3) is 10.0 Å². The average molecular weight is 555 g/mol. The van der Waals surface area contributed by atoms with Crippen LogP contribution in [-0.2, 0) is 10.0 Å². The van der Waals surface area contributed by atoms with Crippen molar-refractivity contribution < 1.29 is 17.9 Å². The highest BCUT2D eigenvalue weighted by atomic mass is 79.9. The number of ether oxygens (including phenoxy) is 2. The van der Waals surface area contributed by atoms with Crippen LogP contribution in [-0.4, -0.2) is 22.1 Å². The van der Waals surface area contributed by atoms with Crippen LogP contribution in [0.15, 0.2) is 82.2 Å². The number of allylic oxidation sites excluding steroid dienone is 2. The zero-order valence-corrected chi connectivity index (χ0v) is 21.9. The maximum absolute atomic E-state index is 13.3. The first-order valence-electron chi connectivity index (χ1n) is 11.6. The number of rotatable bonds is 7. The highest BCUT2D eigenvalue weighted by molar-refractivity contribution is 9.10. The van der Waals surface area contributed by atoms with Crippen molar-refractivity contribution in [1.29, 1.82) is 0 Å². The molecule has 1 aliphatic carbocycles. The largest absolute Gasteiger partial charge is 0.496 e. The third-order valence-electron chi connectivity index (χ3n) is 6.60. The molecule has 182 valence electrons. The van der Waals surface area contributed by atoms with Crippen LogP contribution in [0.2, 0.25) is 0 Å². The van der Waals surface area contributed by atoms with Crippen LogP contribution in [0.3, 0.4) is 0 Å². The van der Waals surface area contributed by atoms with Crippen LogP contribution in [0.1, 0.15) is 36.4 Å². The molecule has 8 heteroatoms. The molecule has 0 radical (unpaired) electrons. The van der Waals surface area contributed by atoms with Gasteiger partial charge < -0.3 is 14.8 Å². The van der Waals surface area contributed by atoms with E-state index in [1.54, 1.807) is 37.4 Å². The molecule has 3 aromatic carbocycles.